The Morgan fingerprint density at radius 1 is 1.17 bits per heavy atom. The fraction of sp³-hybridized carbons (Fsp3) is 0.278. The first-order chi connectivity index (χ1) is 11.5. The van der Waals surface area contributed by atoms with E-state index in [1.807, 2.05) is 6.07 Å². The normalized spacial score (nSPS) is 10.1. The van der Waals surface area contributed by atoms with Gasteiger partial charge in [0.2, 0.25) is 5.91 Å². The third kappa shape index (κ3) is 4.32. The Morgan fingerprint density at radius 2 is 1.96 bits per heavy atom. The minimum atomic E-state index is -0.249. The largest absolute Gasteiger partial charge is 0.497 e. The Hall–Kier alpha value is -2.89. The van der Waals surface area contributed by atoms with Crippen LogP contribution in [0.2, 0.25) is 0 Å². The predicted octanol–water partition coefficient (Wildman–Crippen LogP) is 2.26. The highest BCUT2D eigenvalue weighted by atomic mass is 16.5. The minimum absolute atomic E-state index is 0.0479. The number of nitrogens with zero attached hydrogens (tertiary/aromatic N) is 2. The van der Waals surface area contributed by atoms with Crippen molar-refractivity contribution in [3.05, 3.63) is 48.3 Å². The van der Waals surface area contributed by atoms with Gasteiger partial charge in [0.25, 0.3) is 0 Å². The second-order valence-electron chi connectivity index (χ2n) is 5.22. The second-order valence-corrected chi connectivity index (χ2v) is 5.22. The maximum atomic E-state index is 12.4. The van der Waals surface area contributed by atoms with Crippen molar-refractivity contribution >= 4 is 17.4 Å². The Labute approximate surface area is 141 Å². The summed E-state index contributed by atoms with van der Waals surface area (Å²) in [5, 5.41) is 0. The Bertz CT molecular complexity index is 716. The molecule has 1 amide bonds. The molecule has 1 aromatic carbocycles. The topological polar surface area (TPSA) is 68.7 Å². The molecule has 6 nitrogen and oxygen atoms in total. The van der Waals surface area contributed by atoms with Crippen molar-refractivity contribution < 1.29 is 19.1 Å². The van der Waals surface area contributed by atoms with Crippen LogP contribution >= 0.6 is 0 Å². The van der Waals surface area contributed by atoms with Crippen molar-refractivity contribution in [2.45, 2.75) is 13.3 Å². The third-order valence-corrected chi connectivity index (χ3v) is 3.52. The highest BCUT2D eigenvalue weighted by molar-refractivity contribution is 5.99. The zero-order chi connectivity index (χ0) is 17.5. The van der Waals surface area contributed by atoms with E-state index in [1.165, 1.54) is 26.0 Å². The van der Waals surface area contributed by atoms with Crippen LogP contribution in [-0.4, -0.2) is 37.4 Å². The number of ether oxygens (including phenoxy) is 2. The molecule has 2 rings (SSSR count). The summed E-state index contributed by atoms with van der Waals surface area (Å²) < 4.78 is 10.5. The SMILES string of the molecule is COc1ccc(OC)c(N(CC(=O)Cc2cccnc2)C(C)=O)c1. The van der Waals surface area contributed by atoms with Crippen molar-refractivity contribution in [3.8, 4) is 11.5 Å². The Kier molecular flexibility index (Phi) is 5.89. The van der Waals surface area contributed by atoms with Crippen molar-refractivity contribution in [1.82, 2.24) is 4.98 Å². The van der Waals surface area contributed by atoms with Gasteiger partial charge in [-0.2, -0.15) is 0 Å². The minimum Gasteiger partial charge on any atom is -0.497 e. The van der Waals surface area contributed by atoms with Gasteiger partial charge in [-0.15, -0.1) is 0 Å². The van der Waals surface area contributed by atoms with Crippen molar-refractivity contribution in [2.24, 2.45) is 0 Å². The van der Waals surface area contributed by atoms with Crippen LogP contribution in [0.1, 0.15) is 12.5 Å². The lowest BCUT2D eigenvalue weighted by Gasteiger charge is -2.23. The van der Waals surface area contributed by atoms with E-state index in [-0.39, 0.29) is 24.7 Å². The smallest absolute Gasteiger partial charge is 0.224 e. The monoisotopic (exact) mass is 328 g/mol. The number of anilines is 1. The number of hydrogen-bond acceptors (Lipinski definition) is 5. The number of ketones is 1. The first-order valence-electron chi connectivity index (χ1n) is 7.46. The van der Waals surface area contributed by atoms with E-state index < -0.39 is 0 Å². The van der Waals surface area contributed by atoms with Gasteiger partial charge in [0.05, 0.1) is 26.5 Å². The van der Waals surface area contributed by atoms with E-state index in [2.05, 4.69) is 4.98 Å². The standard InChI is InChI=1S/C18H20N2O4/c1-13(21)20(12-15(22)9-14-5-4-8-19-11-14)17-10-16(23-2)6-7-18(17)24-3/h4-8,10-11H,9,12H2,1-3H3. The van der Waals surface area contributed by atoms with Gasteiger partial charge in [-0.1, -0.05) is 6.07 Å². The van der Waals surface area contributed by atoms with Gasteiger partial charge in [0.15, 0.2) is 5.78 Å². The van der Waals surface area contributed by atoms with Crippen LogP contribution in [0.5, 0.6) is 11.5 Å². The number of pyridine rings is 1. The van der Waals surface area contributed by atoms with Crippen molar-refractivity contribution in [3.63, 3.8) is 0 Å². The molecule has 0 radical (unpaired) electrons. The zero-order valence-electron chi connectivity index (χ0n) is 14.0. The number of amides is 1. The summed E-state index contributed by atoms with van der Waals surface area (Å²) in [6.45, 7) is 1.37. The lowest BCUT2D eigenvalue weighted by molar-refractivity contribution is -0.121. The van der Waals surface area contributed by atoms with E-state index in [0.29, 0.717) is 17.2 Å². The van der Waals surface area contributed by atoms with Gasteiger partial charge in [0.1, 0.15) is 11.5 Å². The molecule has 0 atom stereocenters. The lowest BCUT2D eigenvalue weighted by Crippen LogP contribution is -2.35. The highest BCUT2D eigenvalue weighted by Crippen LogP contribution is 2.32. The number of hydrogen-bond donors (Lipinski definition) is 0. The van der Waals surface area contributed by atoms with Crippen molar-refractivity contribution in [2.75, 3.05) is 25.7 Å². The number of Topliss-reactive ketones (excluding diaryl/α,β-unsaturated/α-hetero) is 1. The molecule has 126 valence electrons. The van der Waals surface area contributed by atoms with E-state index in [1.54, 1.807) is 36.7 Å². The maximum absolute atomic E-state index is 12.4. The average molecular weight is 328 g/mol. The molecule has 0 bridgehead atoms. The van der Waals surface area contributed by atoms with E-state index >= 15 is 0 Å². The van der Waals surface area contributed by atoms with Gasteiger partial charge in [-0.05, 0) is 23.8 Å². The van der Waals surface area contributed by atoms with Crippen LogP contribution in [0.3, 0.4) is 0 Å². The highest BCUT2D eigenvalue weighted by Gasteiger charge is 2.20. The molecule has 0 aliphatic carbocycles. The number of carbonyl (C=O) groups is 2. The molecule has 6 heteroatoms. The number of benzene rings is 1. The van der Waals surface area contributed by atoms with Crippen LogP contribution in [0, 0.1) is 0 Å². The molecule has 0 aliphatic rings. The molecule has 2 aromatic rings. The van der Waals surface area contributed by atoms with Crippen LogP contribution in [-0.2, 0) is 16.0 Å². The van der Waals surface area contributed by atoms with Crippen LogP contribution in [0.15, 0.2) is 42.7 Å². The fourth-order valence-electron chi connectivity index (χ4n) is 2.34. The molecule has 0 N–H and O–H groups in total. The second kappa shape index (κ2) is 8.10. The molecular formula is C18H20N2O4. The van der Waals surface area contributed by atoms with Gasteiger partial charge >= 0.3 is 0 Å². The number of carbonyl (C=O) groups excluding carboxylic acids is 2. The fourth-order valence-corrected chi connectivity index (χ4v) is 2.34. The molecule has 0 aliphatic heterocycles. The van der Waals surface area contributed by atoms with Crippen LogP contribution in [0.4, 0.5) is 5.69 Å². The number of aromatic nitrogens is 1. The third-order valence-electron chi connectivity index (χ3n) is 3.52. The summed E-state index contributed by atoms with van der Waals surface area (Å²) in [7, 11) is 3.05. The molecule has 0 spiro atoms. The van der Waals surface area contributed by atoms with E-state index in [9.17, 15) is 9.59 Å². The molecule has 1 heterocycles. The molecule has 0 unspecified atom stereocenters. The summed E-state index contributed by atoms with van der Waals surface area (Å²) in [4.78, 5) is 29.8. The van der Waals surface area contributed by atoms with Crippen LogP contribution in [0.25, 0.3) is 0 Å². The van der Waals surface area contributed by atoms with Gasteiger partial charge in [-0.25, -0.2) is 0 Å². The van der Waals surface area contributed by atoms with Crippen LogP contribution < -0.4 is 14.4 Å². The van der Waals surface area contributed by atoms with E-state index in [4.69, 9.17) is 9.47 Å². The first kappa shape index (κ1) is 17.5. The van der Waals surface area contributed by atoms with Gasteiger partial charge < -0.3 is 14.4 Å². The summed E-state index contributed by atoms with van der Waals surface area (Å²) in [6.07, 6.45) is 3.50. The maximum Gasteiger partial charge on any atom is 0.224 e. The summed E-state index contributed by atoms with van der Waals surface area (Å²) in [5.41, 5.74) is 1.31. The molecule has 0 fully saturated rings. The molecule has 24 heavy (non-hydrogen) atoms. The zero-order valence-corrected chi connectivity index (χ0v) is 14.0. The van der Waals surface area contributed by atoms with E-state index in [0.717, 1.165) is 5.56 Å². The molecule has 0 saturated carbocycles. The first-order valence-corrected chi connectivity index (χ1v) is 7.46. The van der Waals surface area contributed by atoms with Gasteiger partial charge in [0, 0.05) is 31.8 Å². The van der Waals surface area contributed by atoms with Gasteiger partial charge in [-0.3, -0.25) is 14.6 Å². The number of methoxy groups -OCH3 is 2. The average Bonchev–Trinajstić information content (AvgIpc) is 2.59. The predicted molar refractivity (Wildman–Crippen MR) is 90.5 cm³/mol. The Balaban J connectivity index is 2.23. The summed E-state index contributed by atoms with van der Waals surface area (Å²) >= 11 is 0. The summed E-state index contributed by atoms with van der Waals surface area (Å²) in [5.74, 6) is 0.737. The molecular weight excluding hydrogens is 308 g/mol. The lowest BCUT2D eigenvalue weighted by atomic mass is 10.1. The summed E-state index contributed by atoms with van der Waals surface area (Å²) in [6, 6.07) is 8.72. The molecule has 0 saturated heterocycles. The number of rotatable bonds is 7. The van der Waals surface area contributed by atoms with Crippen molar-refractivity contribution in [1.29, 1.82) is 0 Å². The molecule has 1 aromatic heterocycles. The Morgan fingerprint density at radius 3 is 2.54 bits per heavy atom. The quantitative estimate of drug-likeness (QED) is 0.780.